The Hall–Kier alpha value is -3.09. The van der Waals surface area contributed by atoms with Gasteiger partial charge in [-0.2, -0.15) is 0 Å². The SMILES string of the molecule is CCCNC(=O)[C@@H](NC(=O)c1ccccc1C)C1CCN(C(=O)c2ccco2)CC1. The molecule has 2 N–H and O–H groups in total. The highest BCUT2D eigenvalue weighted by Gasteiger charge is 2.34. The minimum Gasteiger partial charge on any atom is -0.459 e. The van der Waals surface area contributed by atoms with Crippen molar-refractivity contribution in [3.05, 3.63) is 59.5 Å². The van der Waals surface area contributed by atoms with E-state index < -0.39 is 6.04 Å². The minimum absolute atomic E-state index is 0.0459. The Labute approximate surface area is 176 Å². The molecule has 7 nitrogen and oxygen atoms in total. The van der Waals surface area contributed by atoms with E-state index >= 15 is 0 Å². The van der Waals surface area contributed by atoms with Crippen LogP contribution in [0.2, 0.25) is 0 Å². The summed E-state index contributed by atoms with van der Waals surface area (Å²) in [6.45, 7) is 5.45. The number of piperidine rings is 1. The van der Waals surface area contributed by atoms with Crippen molar-refractivity contribution in [2.75, 3.05) is 19.6 Å². The van der Waals surface area contributed by atoms with Crippen molar-refractivity contribution >= 4 is 17.7 Å². The molecule has 1 saturated heterocycles. The van der Waals surface area contributed by atoms with Gasteiger partial charge in [0, 0.05) is 25.2 Å². The lowest BCUT2D eigenvalue weighted by atomic mass is 9.88. The van der Waals surface area contributed by atoms with E-state index in [9.17, 15) is 14.4 Å². The average Bonchev–Trinajstić information content (AvgIpc) is 3.30. The predicted octanol–water partition coefficient (Wildman–Crippen LogP) is 2.77. The van der Waals surface area contributed by atoms with E-state index in [0.29, 0.717) is 43.8 Å². The molecule has 0 bridgehead atoms. The third kappa shape index (κ3) is 5.09. The molecule has 30 heavy (non-hydrogen) atoms. The first kappa shape index (κ1) is 21.6. The molecular formula is C23H29N3O4. The number of furan rings is 1. The first-order valence-electron chi connectivity index (χ1n) is 10.5. The Morgan fingerprint density at radius 1 is 1.13 bits per heavy atom. The molecule has 3 amide bonds. The number of aryl methyl sites for hydroxylation is 1. The summed E-state index contributed by atoms with van der Waals surface area (Å²) in [6, 6.07) is 10.0. The number of amides is 3. The molecule has 7 heteroatoms. The summed E-state index contributed by atoms with van der Waals surface area (Å²) < 4.78 is 5.21. The maximum Gasteiger partial charge on any atom is 0.289 e. The van der Waals surface area contributed by atoms with E-state index in [0.717, 1.165) is 12.0 Å². The lowest BCUT2D eigenvalue weighted by Gasteiger charge is -2.35. The monoisotopic (exact) mass is 411 g/mol. The van der Waals surface area contributed by atoms with E-state index in [1.165, 1.54) is 6.26 Å². The molecule has 1 aliphatic rings. The Morgan fingerprint density at radius 3 is 2.50 bits per heavy atom. The van der Waals surface area contributed by atoms with Crippen molar-refractivity contribution in [1.82, 2.24) is 15.5 Å². The Balaban J connectivity index is 1.68. The normalized spacial score (nSPS) is 15.5. The van der Waals surface area contributed by atoms with Crippen LogP contribution in [-0.4, -0.2) is 48.3 Å². The first-order chi connectivity index (χ1) is 14.5. The van der Waals surface area contributed by atoms with Crippen LogP contribution in [0.1, 0.15) is 52.7 Å². The van der Waals surface area contributed by atoms with Gasteiger partial charge in [-0.05, 0) is 55.9 Å². The summed E-state index contributed by atoms with van der Waals surface area (Å²) in [5.74, 6) is -0.295. The average molecular weight is 412 g/mol. The molecule has 2 heterocycles. The Kier molecular flexibility index (Phi) is 7.27. The van der Waals surface area contributed by atoms with Gasteiger partial charge in [-0.15, -0.1) is 0 Å². The van der Waals surface area contributed by atoms with Gasteiger partial charge in [0.2, 0.25) is 5.91 Å². The second kappa shape index (κ2) is 10.1. The molecule has 1 atom stereocenters. The van der Waals surface area contributed by atoms with Crippen molar-refractivity contribution in [1.29, 1.82) is 0 Å². The van der Waals surface area contributed by atoms with Crippen molar-refractivity contribution in [2.24, 2.45) is 5.92 Å². The maximum atomic E-state index is 12.9. The molecular weight excluding hydrogens is 382 g/mol. The topological polar surface area (TPSA) is 91.7 Å². The molecule has 0 unspecified atom stereocenters. The number of hydrogen-bond donors (Lipinski definition) is 2. The van der Waals surface area contributed by atoms with E-state index in [1.54, 1.807) is 23.1 Å². The summed E-state index contributed by atoms with van der Waals surface area (Å²) in [6.07, 6.45) is 3.56. The van der Waals surface area contributed by atoms with Gasteiger partial charge in [-0.3, -0.25) is 14.4 Å². The van der Waals surface area contributed by atoms with Gasteiger partial charge in [0.25, 0.3) is 11.8 Å². The lowest BCUT2D eigenvalue weighted by Crippen LogP contribution is -2.54. The van der Waals surface area contributed by atoms with Gasteiger partial charge in [-0.25, -0.2) is 0 Å². The highest BCUT2D eigenvalue weighted by Crippen LogP contribution is 2.23. The number of carbonyl (C=O) groups excluding carboxylic acids is 3. The van der Waals surface area contributed by atoms with Crippen molar-refractivity contribution in [3.8, 4) is 0 Å². The van der Waals surface area contributed by atoms with Crippen LogP contribution >= 0.6 is 0 Å². The van der Waals surface area contributed by atoms with Crippen molar-refractivity contribution in [3.63, 3.8) is 0 Å². The van der Waals surface area contributed by atoms with Crippen LogP contribution in [0.3, 0.4) is 0 Å². The van der Waals surface area contributed by atoms with Crippen LogP contribution in [-0.2, 0) is 4.79 Å². The molecule has 1 aromatic carbocycles. The van der Waals surface area contributed by atoms with E-state index in [4.69, 9.17) is 4.42 Å². The van der Waals surface area contributed by atoms with Crippen LogP contribution in [0.25, 0.3) is 0 Å². The second-order valence-corrected chi connectivity index (χ2v) is 7.66. The highest BCUT2D eigenvalue weighted by molar-refractivity contribution is 5.98. The van der Waals surface area contributed by atoms with Crippen LogP contribution in [0, 0.1) is 12.8 Å². The largest absolute Gasteiger partial charge is 0.459 e. The molecule has 0 saturated carbocycles. The summed E-state index contributed by atoms with van der Waals surface area (Å²) in [7, 11) is 0. The number of carbonyl (C=O) groups is 3. The van der Waals surface area contributed by atoms with Gasteiger partial charge >= 0.3 is 0 Å². The predicted molar refractivity (Wildman–Crippen MR) is 113 cm³/mol. The van der Waals surface area contributed by atoms with Gasteiger partial charge in [0.1, 0.15) is 6.04 Å². The number of nitrogens with zero attached hydrogens (tertiary/aromatic N) is 1. The molecule has 3 rings (SSSR count). The van der Waals surface area contributed by atoms with Crippen molar-refractivity contribution < 1.29 is 18.8 Å². The Bertz CT molecular complexity index is 870. The Morgan fingerprint density at radius 2 is 1.87 bits per heavy atom. The van der Waals surface area contributed by atoms with E-state index in [2.05, 4.69) is 10.6 Å². The zero-order valence-corrected chi connectivity index (χ0v) is 17.5. The second-order valence-electron chi connectivity index (χ2n) is 7.66. The number of benzene rings is 1. The third-order valence-corrected chi connectivity index (χ3v) is 5.54. The third-order valence-electron chi connectivity index (χ3n) is 5.54. The van der Waals surface area contributed by atoms with Crippen LogP contribution in [0.15, 0.2) is 47.1 Å². The van der Waals surface area contributed by atoms with E-state index in [1.807, 2.05) is 32.0 Å². The highest BCUT2D eigenvalue weighted by atomic mass is 16.3. The quantitative estimate of drug-likeness (QED) is 0.733. The lowest BCUT2D eigenvalue weighted by molar-refractivity contribution is -0.124. The fraction of sp³-hybridized carbons (Fsp3) is 0.435. The summed E-state index contributed by atoms with van der Waals surface area (Å²) in [4.78, 5) is 39.9. The number of hydrogen-bond acceptors (Lipinski definition) is 4. The smallest absolute Gasteiger partial charge is 0.289 e. The van der Waals surface area contributed by atoms with Gasteiger partial charge < -0.3 is 20.0 Å². The molecule has 2 aromatic rings. The molecule has 0 spiro atoms. The zero-order valence-electron chi connectivity index (χ0n) is 17.5. The fourth-order valence-corrected chi connectivity index (χ4v) is 3.79. The van der Waals surface area contributed by atoms with E-state index in [-0.39, 0.29) is 23.6 Å². The van der Waals surface area contributed by atoms with Crippen LogP contribution in [0.4, 0.5) is 0 Å². The van der Waals surface area contributed by atoms with Gasteiger partial charge in [0.15, 0.2) is 5.76 Å². The number of likely N-dealkylation sites (tertiary alicyclic amines) is 1. The van der Waals surface area contributed by atoms with Crippen LogP contribution in [0.5, 0.6) is 0 Å². The molecule has 1 aliphatic heterocycles. The maximum absolute atomic E-state index is 12.9. The fourth-order valence-electron chi connectivity index (χ4n) is 3.79. The summed E-state index contributed by atoms with van der Waals surface area (Å²) in [5.41, 5.74) is 1.43. The molecule has 0 aliphatic carbocycles. The first-order valence-corrected chi connectivity index (χ1v) is 10.5. The van der Waals surface area contributed by atoms with Crippen molar-refractivity contribution in [2.45, 2.75) is 39.2 Å². The van der Waals surface area contributed by atoms with Gasteiger partial charge in [-0.1, -0.05) is 25.1 Å². The minimum atomic E-state index is -0.635. The number of rotatable bonds is 7. The van der Waals surface area contributed by atoms with Gasteiger partial charge in [0.05, 0.1) is 6.26 Å². The standard InChI is InChI=1S/C23H29N3O4/c1-3-12-24-22(28)20(25-21(27)18-8-5-4-7-16(18)2)17-10-13-26(14-11-17)23(29)19-9-6-15-30-19/h4-9,15,17,20H,3,10-14H2,1-2H3,(H,24,28)(H,25,27)/t20-/m0/s1. The zero-order chi connectivity index (χ0) is 21.5. The molecule has 1 aromatic heterocycles. The molecule has 0 radical (unpaired) electrons. The molecule has 1 fully saturated rings. The summed E-state index contributed by atoms with van der Waals surface area (Å²) in [5, 5.41) is 5.86. The summed E-state index contributed by atoms with van der Waals surface area (Å²) >= 11 is 0. The number of nitrogens with one attached hydrogen (secondary N) is 2. The molecule has 160 valence electrons. The van der Waals surface area contributed by atoms with Crippen LogP contribution < -0.4 is 10.6 Å².